The Morgan fingerprint density at radius 2 is 2.23 bits per heavy atom. The number of aryl methyl sites for hydroxylation is 1. The summed E-state index contributed by atoms with van der Waals surface area (Å²) in [6.45, 7) is 0. The van der Waals surface area contributed by atoms with Crippen molar-refractivity contribution in [1.29, 1.82) is 0 Å². The maximum atomic E-state index is 12.2. The van der Waals surface area contributed by atoms with Gasteiger partial charge in [-0.25, -0.2) is 5.10 Å². The molecule has 1 aliphatic rings. The van der Waals surface area contributed by atoms with Gasteiger partial charge in [-0.3, -0.25) is 9.59 Å². The van der Waals surface area contributed by atoms with Crippen LogP contribution in [0.15, 0.2) is 39.6 Å². The zero-order valence-corrected chi connectivity index (χ0v) is 13.5. The first-order chi connectivity index (χ1) is 10.6. The van der Waals surface area contributed by atoms with E-state index in [2.05, 4.69) is 31.4 Å². The Balaban J connectivity index is 1.63. The van der Waals surface area contributed by atoms with E-state index in [0.29, 0.717) is 12.8 Å². The topological polar surface area (TPSA) is 74.8 Å². The highest BCUT2D eigenvalue weighted by Crippen LogP contribution is 2.19. The number of aromatic amines is 1. The third kappa shape index (κ3) is 3.44. The molecule has 0 fully saturated rings. The quantitative estimate of drug-likeness (QED) is 0.874. The fourth-order valence-electron chi connectivity index (χ4n) is 2.76. The number of H-pyrrole nitrogens is 1. The fourth-order valence-corrected chi connectivity index (χ4v) is 3.18. The van der Waals surface area contributed by atoms with Crippen LogP contribution >= 0.6 is 15.9 Å². The van der Waals surface area contributed by atoms with E-state index >= 15 is 0 Å². The van der Waals surface area contributed by atoms with Gasteiger partial charge in [-0.15, -0.1) is 0 Å². The van der Waals surface area contributed by atoms with Crippen molar-refractivity contribution in [1.82, 2.24) is 15.5 Å². The molecular weight excluding hydrogens is 346 g/mol. The van der Waals surface area contributed by atoms with E-state index in [9.17, 15) is 9.59 Å². The number of fused-ring (bicyclic) bond motifs is 1. The zero-order valence-electron chi connectivity index (χ0n) is 11.9. The maximum Gasteiger partial charge on any atom is 0.264 e. The number of nitrogens with one attached hydrogen (secondary N) is 2. The molecule has 1 atom stereocenters. The Morgan fingerprint density at radius 3 is 3.05 bits per heavy atom. The van der Waals surface area contributed by atoms with E-state index in [-0.39, 0.29) is 17.5 Å². The standard InChI is InChI=1S/C16H16BrN3O2/c17-13-4-2-1-3-10(13)8-15(21)18-12-5-6-14-11(7-12)9-16(22)20-19-14/h1-4,9,12H,5-8H2,(H,18,21)(H,20,22)/t12-/m0/s1. The summed E-state index contributed by atoms with van der Waals surface area (Å²) in [4.78, 5) is 23.5. The molecule has 0 unspecified atom stereocenters. The van der Waals surface area contributed by atoms with Crippen LogP contribution in [0.2, 0.25) is 0 Å². The van der Waals surface area contributed by atoms with Crippen LogP contribution in [0.4, 0.5) is 0 Å². The Morgan fingerprint density at radius 1 is 1.41 bits per heavy atom. The van der Waals surface area contributed by atoms with Crippen molar-refractivity contribution in [3.8, 4) is 0 Å². The second-order valence-electron chi connectivity index (χ2n) is 5.48. The summed E-state index contributed by atoms with van der Waals surface area (Å²) in [6, 6.07) is 9.34. The van der Waals surface area contributed by atoms with Gasteiger partial charge in [0.05, 0.1) is 12.1 Å². The molecule has 1 aromatic carbocycles. The summed E-state index contributed by atoms with van der Waals surface area (Å²) >= 11 is 3.45. The van der Waals surface area contributed by atoms with E-state index in [4.69, 9.17) is 0 Å². The third-order valence-corrected chi connectivity index (χ3v) is 4.62. The number of carbonyl (C=O) groups excluding carboxylic acids is 1. The monoisotopic (exact) mass is 361 g/mol. The number of carbonyl (C=O) groups is 1. The Labute approximate surface area is 136 Å². The van der Waals surface area contributed by atoms with Gasteiger partial charge in [0.25, 0.3) is 5.56 Å². The second kappa shape index (κ2) is 6.44. The highest BCUT2D eigenvalue weighted by Gasteiger charge is 2.21. The molecule has 5 nitrogen and oxygen atoms in total. The molecule has 1 aliphatic carbocycles. The molecule has 2 N–H and O–H groups in total. The molecule has 1 heterocycles. The minimum Gasteiger partial charge on any atom is -0.353 e. The molecule has 0 saturated carbocycles. The Kier molecular flexibility index (Phi) is 4.38. The minimum atomic E-state index is -0.195. The number of hydrogen-bond acceptors (Lipinski definition) is 3. The lowest BCUT2D eigenvalue weighted by Crippen LogP contribution is -2.40. The largest absolute Gasteiger partial charge is 0.353 e. The highest BCUT2D eigenvalue weighted by atomic mass is 79.9. The number of nitrogens with zero attached hydrogens (tertiary/aromatic N) is 1. The minimum absolute atomic E-state index is 0.00171. The van der Waals surface area contributed by atoms with Crippen molar-refractivity contribution in [2.24, 2.45) is 0 Å². The van der Waals surface area contributed by atoms with Gasteiger partial charge in [-0.05, 0) is 36.5 Å². The number of benzene rings is 1. The number of hydrogen-bond donors (Lipinski definition) is 2. The van der Waals surface area contributed by atoms with Gasteiger partial charge in [0.15, 0.2) is 0 Å². The predicted octanol–water partition coefficient (Wildman–Crippen LogP) is 1.75. The van der Waals surface area contributed by atoms with Crippen LogP contribution in [0.25, 0.3) is 0 Å². The lowest BCUT2D eigenvalue weighted by atomic mass is 9.92. The van der Waals surface area contributed by atoms with Crippen LogP contribution in [0.1, 0.15) is 23.2 Å². The van der Waals surface area contributed by atoms with Crippen molar-refractivity contribution in [3.63, 3.8) is 0 Å². The smallest absolute Gasteiger partial charge is 0.264 e. The van der Waals surface area contributed by atoms with Gasteiger partial charge in [-0.1, -0.05) is 34.1 Å². The van der Waals surface area contributed by atoms with Crippen LogP contribution < -0.4 is 10.9 Å². The summed E-state index contributed by atoms with van der Waals surface area (Å²) < 4.78 is 0.940. The van der Waals surface area contributed by atoms with E-state index in [0.717, 1.165) is 34.1 Å². The molecule has 0 spiro atoms. The van der Waals surface area contributed by atoms with Gasteiger partial charge in [-0.2, -0.15) is 5.10 Å². The molecule has 0 bridgehead atoms. The Bertz CT molecular complexity index is 757. The number of halogens is 1. The van der Waals surface area contributed by atoms with Gasteiger partial charge in [0.2, 0.25) is 5.91 Å². The predicted molar refractivity (Wildman–Crippen MR) is 86.7 cm³/mol. The second-order valence-corrected chi connectivity index (χ2v) is 6.33. The normalized spacial score (nSPS) is 16.9. The first-order valence-electron chi connectivity index (χ1n) is 7.22. The number of amides is 1. The van der Waals surface area contributed by atoms with Crippen molar-refractivity contribution < 1.29 is 4.79 Å². The maximum absolute atomic E-state index is 12.2. The van der Waals surface area contributed by atoms with Crippen LogP contribution in [0.3, 0.4) is 0 Å². The van der Waals surface area contributed by atoms with Gasteiger partial charge in [0.1, 0.15) is 0 Å². The van der Waals surface area contributed by atoms with E-state index < -0.39 is 0 Å². The van der Waals surface area contributed by atoms with Crippen molar-refractivity contribution in [2.75, 3.05) is 0 Å². The lowest BCUT2D eigenvalue weighted by Gasteiger charge is -2.24. The molecule has 1 aromatic heterocycles. The zero-order chi connectivity index (χ0) is 15.5. The summed E-state index contributed by atoms with van der Waals surface area (Å²) in [6.07, 6.45) is 2.62. The summed E-state index contributed by atoms with van der Waals surface area (Å²) in [7, 11) is 0. The molecule has 2 aromatic rings. The first-order valence-corrected chi connectivity index (χ1v) is 8.01. The van der Waals surface area contributed by atoms with Gasteiger partial charge >= 0.3 is 0 Å². The average molecular weight is 362 g/mol. The number of rotatable bonds is 3. The van der Waals surface area contributed by atoms with Crippen LogP contribution in [0.5, 0.6) is 0 Å². The highest BCUT2D eigenvalue weighted by molar-refractivity contribution is 9.10. The van der Waals surface area contributed by atoms with Crippen LogP contribution in [-0.4, -0.2) is 22.1 Å². The summed E-state index contributed by atoms with van der Waals surface area (Å²) in [5, 5.41) is 9.57. The molecule has 6 heteroatoms. The number of aromatic nitrogens is 2. The Hall–Kier alpha value is -1.95. The van der Waals surface area contributed by atoms with E-state index in [1.165, 1.54) is 0 Å². The van der Waals surface area contributed by atoms with Gasteiger partial charge in [0, 0.05) is 16.6 Å². The summed E-state index contributed by atoms with van der Waals surface area (Å²) in [5.74, 6) is -0.00171. The molecule has 22 heavy (non-hydrogen) atoms. The van der Waals surface area contributed by atoms with Crippen molar-refractivity contribution in [2.45, 2.75) is 31.7 Å². The van der Waals surface area contributed by atoms with Crippen LogP contribution in [0, 0.1) is 0 Å². The molecular formula is C16H16BrN3O2. The SMILES string of the molecule is O=C(Cc1ccccc1Br)N[C@H]1CCc2n[nH]c(=O)cc2C1. The summed E-state index contributed by atoms with van der Waals surface area (Å²) in [5.41, 5.74) is 2.63. The molecule has 3 rings (SSSR count). The van der Waals surface area contributed by atoms with Crippen molar-refractivity contribution >= 4 is 21.8 Å². The molecule has 0 radical (unpaired) electrons. The molecule has 1 amide bonds. The van der Waals surface area contributed by atoms with Gasteiger partial charge < -0.3 is 5.32 Å². The van der Waals surface area contributed by atoms with E-state index in [1.807, 2.05) is 24.3 Å². The third-order valence-electron chi connectivity index (χ3n) is 3.85. The lowest BCUT2D eigenvalue weighted by molar-refractivity contribution is -0.121. The van der Waals surface area contributed by atoms with Crippen LogP contribution in [-0.2, 0) is 24.1 Å². The van der Waals surface area contributed by atoms with E-state index in [1.54, 1.807) is 6.07 Å². The molecule has 0 saturated heterocycles. The first kappa shape index (κ1) is 15.0. The van der Waals surface area contributed by atoms with Crippen molar-refractivity contribution in [3.05, 3.63) is 62.0 Å². The molecule has 114 valence electrons. The average Bonchev–Trinajstić information content (AvgIpc) is 2.49. The molecule has 0 aliphatic heterocycles. The fraction of sp³-hybridized carbons (Fsp3) is 0.312.